The fourth-order valence-electron chi connectivity index (χ4n) is 0.631. The van der Waals surface area contributed by atoms with Gasteiger partial charge in [-0.05, 0) is 12.1 Å². The van der Waals surface area contributed by atoms with Crippen LogP contribution in [0.5, 0.6) is 0 Å². The minimum absolute atomic E-state index is 0.471. The summed E-state index contributed by atoms with van der Waals surface area (Å²) in [6.07, 6.45) is -1.84. The maximum atomic E-state index is 11.8. The van der Waals surface area contributed by atoms with Gasteiger partial charge in [-0.2, -0.15) is 8.78 Å². The van der Waals surface area contributed by atoms with Crippen molar-refractivity contribution in [3.63, 3.8) is 0 Å². The Balaban J connectivity index is 2.72. The van der Waals surface area contributed by atoms with Crippen molar-refractivity contribution in [2.75, 3.05) is 0 Å². The summed E-state index contributed by atoms with van der Waals surface area (Å²) in [5, 5.41) is 0. The number of hydrogen-bond acceptors (Lipinski definition) is 1. The quantitative estimate of drug-likeness (QED) is 0.657. The van der Waals surface area contributed by atoms with Gasteiger partial charge < -0.3 is 0 Å². The van der Waals surface area contributed by atoms with E-state index in [4.69, 9.17) is 11.6 Å². The minimum Gasteiger partial charge on any atom is -0.171 e. The van der Waals surface area contributed by atoms with E-state index >= 15 is 0 Å². The van der Waals surface area contributed by atoms with Gasteiger partial charge in [0.15, 0.2) is 0 Å². The molecular formula is C8H5ClF2S. The zero-order valence-corrected chi connectivity index (χ0v) is 7.50. The fourth-order valence-corrected chi connectivity index (χ4v) is 1.48. The first-order chi connectivity index (χ1) is 5.70. The molecule has 0 N–H and O–H groups in total. The molecule has 0 bridgehead atoms. The average Bonchev–Trinajstić information content (AvgIpc) is 2.06. The Labute approximate surface area is 78.2 Å². The topological polar surface area (TPSA) is 0 Å². The number of halogens is 3. The van der Waals surface area contributed by atoms with E-state index < -0.39 is 10.4 Å². The van der Waals surface area contributed by atoms with Crippen molar-refractivity contribution in [3.05, 3.63) is 40.8 Å². The normalized spacial score (nSPS) is 9.58. The second-order valence-electron chi connectivity index (χ2n) is 1.95. The van der Waals surface area contributed by atoms with Gasteiger partial charge >= 0.3 is 0 Å². The fraction of sp³-hybridized carbons (Fsp3) is 0. The first kappa shape index (κ1) is 9.55. The molecule has 1 aromatic rings. The predicted octanol–water partition coefficient (Wildman–Crippen LogP) is 4.08. The lowest BCUT2D eigenvalue weighted by Crippen LogP contribution is -1.69. The smallest absolute Gasteiger partial charge is 0.171 e. The highest BCUT2D eigenvalue weighted by Crippen LogP contribution is 2.32. The Hall–Kier alpha value is -0.540. The first-order valence-corrected chi connectivity index (χ1v) is 4.33. The van der Waals surface area contributed by atoms with Crippen LogP contribution in [0.15, 0.2) is 45.7 Å². The van der Waals surface area contributed by atoms with Crippen molar-refractivity contribution in [1.29, 1.82) is 0 Å². The van der Waals surface area contributed by atoms with Gasteiger partial charge in [0.2, 0.25) is 0 Å². The Morgan fingerprint density at radius 1 is 1.17 bits per heavy atom. The highest BCUT2D eigenvalue weighted by atomic mass is 35.5. The molecule has 0 saturated carbocycles. The SMILES string of the molecule is FC(F)=C(Cl)Sc1ccccc1. The van der Waals surface area contributed by atoms with Crippen LogP contribution >= 0.6 is 23.4 Å². The van der Waals surface area contributed by atoms with Gasteiger partial charge in [0.05, 0.1) is 0 Å². The number of rotatable bonds is 2. The number of hydrogen-bond donors (Lipinski definition) is 0. The second kappa shape index (κ2) is 4.48. The molecule has 12 heavy (non-hydrogen) atoms. The molecule has 0 amide bonds. The third-order valence-corrected chi connectivity index (χ3v) is 2.31. The Morgan fingerprint density at radius 3 is 2.25 bits per heavy atom. The van der Waals surface area contributed by atoms with Crippen molar-refractivity contribution in [3.8, 4) is 0 Å². The molecule has 0 saturated heterocycles. The lowest BCUT2D eigenvalue weighted by atomic mass is 10.4. The van der Waals surface area contributed by atoms with Crippen molar-refractivity contribution in [2.45, 2.75) is 4.90 Å². The summed E-state index contributed by atoms with van der Waals surface area (Å²) in [6, 6.07) is 8.78. The van der Waals surface area contributed by atoms with E-state index in [-0.39, 0.29) is 0 Å². The van der Waals surface area contributed by atoms with Crippen molar-refractivity contribution in [1.82, 2.24) is 0 Å². The molecule has 0 atom stereocenters. The molecule has 0 fully saturated rings. The van der Waals surface area contributed by atoms with Crippen LogP contribution in [0.25, 0.3) is 0 Å². The van der Waals surface area contributed by atoms with Gasteiger partial charge in [0.1, 0.15) is 4.36 Å². The first-order valence-electron chi connectivity index (χ1n) is 3.14. The zero-order valence-electron chi connectivity index (χ0n) is 5.93. The summed E-state index contributed by atoms with van der Waals surface area (Å²) in [7, 11) is 0. The van der Waals surface area contributed by atoms with Gasteiger partial charge in [0.25, 0.3) is 6.08 Å². The van der Waals surface area contributed by atoms with Gasteiger partial charge in [-0.15, -0.1) is 0 Å². The molecule has 0 radical (unpaired) electrons. The van der Waals surface area contributed by atoms with Crippen LogP contribution in [-0.4, -0.2) is 0 Å². The maximum absolute atomic E-state index is 11.8. The summed E-state index contributed by atoms with van der Waals surface area (Å²) in [5.41, 5.74) is 0. The van der Waals surface area contributed by atoms with E-state index in [1.54, 1.807) is 24.3 Å². The summed E-state index contributed by atoms with van der Waals surface area (Å²) in [4.78, 5) is 0.704. The molecule has 1 aromatic carbocycles. The van der Waals surface area contributed by atoms with Crippen LogP contribution in [0.2, 0.25) is 0 Å². The molecular weight excluding hydrogens is 202 g/mol. The van der Waals surface area contributed by atoms with Crippen LogP contribution in [0.1, 0.15) is 0 Å². The molecule has 0 aliphatic heterocycles. The second-order valence-corrected chi connectivity index (χ2v) is 3.64. The monoisotopic (exact) mass is 206 g/mol. The summed E-state index contributed by atoms with van der Waals surface area (Å²) >= 11 is 6.09. The highest BCUT2D eigenvalue weighted by Gasteiger charge is 2.03. The number of benzene rings is 1. The Kier molecular flexibility index (Phi) is 3.56. The molecule has 0 aliphatic rings. The predicted molar refractivity (Wildman–Crippen MR) is 47.4 cm³/mol. The molecule has 0 aliphatic carbocycles. The summed E-state index contributed by atoms with van der Waals surface area (Å²) < 4.78 is 23.2. The van der Waals surface area contributed by atoms with Gasteiger partial charge in [-0.1, -0.05) is 41.6 Å². The van der Waals surface area contributed by atoms with E-state index in [1.807, 2.05) is 6.07 Å². The third kappa shape index (κ3) is 2.83. The van der Waals surface area contributed by atoms with Crippen LogP contribution < -0.4 is 0 Å². The van der Waals surface area contributed by atoms with Crippen LogP contribution in [0, 0.1) is 0 Å². The average molecular weight is 207 g/mol. The van der Waals surface area contributed by atoms with Crippen LogP contribution in [0.3, 0.4) is 0 Å². The van der Waals surface area contributed by atoms with Crippen LogP contribution in [-0.2, 0) is 0 Å². The molecule has 0 heterocycles. The van der Waals surface area contributed by atoms with E-state index in [2.05, 4.69) is 0 Å². The molecule has 0 unspecified atom stereocenters. The molecule has 0 nitrogen and oxygen atoms in total. The number of thioether (sulfide) groups is 1. The minimum atomic E-state index is -1.84. The van der Waals surface area contributed by atoms with Crippen molar-refractivity contribution < 1.29 is 8.78 Å². The van der Waals surface area contributed by atoms with Crippen molar-refractivity contribution >= 4 is 23.4 Å². The lowest BCUT2D eigenvalue weighted by Gasteiger charge is -1.96. The Bertz CT molecular complexity index is 280. The summed E-state index contributed by atoms with van der Waals surface area (Å²) in [6.45, 7) is 0. The van der Waals surface area contributed by atoms with E-state index in [0.717, 1.165) is 11.8 Å². The van der Waals surface area contributed by atoms with E-state index in [1.165, 1.54) is 0 Å². The molecule has 0 aromatic heterocycles. The van der Waals surface area contributed by atoms with Crippen molar-refractivity contribution in [2.24, 2.45) is 0 Å². The van der Waals surface area contributed by atoms with E-state index in [9.17, 15) is 8.78 Å². The molecule has 4 heteroatoms. The largest absolute Gasteiger partial charge is 0.295 e. The highest BCUT2D eigenvalue weighted by molar-refractivity contribution is 8.04. The maximum Gasteiger partial charge on any atom is 0.295 e. The standard InChI is InChI=1S/C8H5ClF2S/c9-7(8(10)11)12-6-4-2-1-3-5-6/h1-5H. The van der Waals surface area contributed by atoms with Gasteiger partial charge in [-0.3, -0.25) is 0 Å². The van der Waals surface area contributed by atoms with Gasteiger partial charge in [0, 0.05) is 4.90 Å². The van der Waals surface area contributed by atoms with E-state index in [0.29, 0.717) is 4.90 Å². The van der Waals surface area contributed by atoms with Gasteiger partial charge in [-0.25, -0.2) is 0 Å². The van der Waals surface area contributed by atoms with Crippen LogP contribution in [0.4, 0.5) is 8.78 Å². The molecule has 0 spiro atoms. The lowest BCUT2D eigenvalue weighted by molar-refractivity contribution is 0.422. The molecule has 1 rings (SSSR count). The molecule has 64 valence electrons. The Morgan fingerprint density at radius 2 is 1.75 bits per heavy atom. The zero-order chi connectivity index (χ0) is 8.97. The third-order valence-electron chi connectivity index (χ3n) is 1.10. The summed E-state index contributed by atoms with van der Waals surface area (Å²) in [5.74, 6) is 0.